The molecule has 1 aromatic heterocycles. The van der Waals surface area contributed by atoms with Crippen LogP contribution >= 0.6 is 11.6 Å². The number of hydrogen-bond donors (Lipinski definition) is 0. The monoisotopic (exact) mass is 250 g/mol. The van der Waals surface area contributed by atoms with Crippen molar-refractivity contribution < 1.29 is 13.9 Å². The first-order chi connectivity index (χ1) is 8.15. The molecule has 0 atom stereocenters. The van der Waals surface area contributed by atoms with Gasteiger partial charge in [0.25, 0.3) is 0 Å². The van der Waals surface area contributed by atoms with Crippen molar-refractivity contribution in [1.29, 1.82) is 0 Å². The molecule has 1 aromatic carbocycles. The Hall–Kier alpha value is -1.94. The minimum absolute atomic E-state index is 0.0868. The third-order valence-corrected chi connectivity index (χ3v) is 2.12. The Kier molecular flexibility index (Phi) is 3.35. The predicted molar refractivity (Wildman–Crippen MR) is 59.4 cm³/mol. The second-order valence-electron chi connectivity index (χ2n) is 3.13. The average Bonchev–Trinajstić information content (AvgIpc) is 2.33. The molecule has 0 spiro atoms. The van der Waals surface area contributed by atoms with E-state index in [2.05, 4.69) is 11.1 Å². The highest BCUT2D eigenvalue weighted by atomic mass is 35.5. The molecule has 0 amide bonds. The molecule has 5 heteroatoms. The van der Waals surface area contributed by atoms with E-state index in [4.69, 9.17) is 16.3 Å². The summed E-state index contributed by atoms with van der Waals surface area (Å²) in [5.74, 6) is -0.948. The SMILES string of the molecule is O=C(Oc1c[c]c(Cl)cn1)c1ccc(F)cc1. The topological polar surface area (TPSA) is 39.2 Å². The highest BCUT2D eigenvalue weighted by Crippen LogP contribution is 2.12. The van der Waals surface area contributed by atoms with E-state index in [9.17, 15) is 9.18 Å². The van der Waals surface area contributed by atoms with E-state index < -0.39 is 11.8 Å². The third-order valence-electron chi connectivity index (χ3n) is 1.92. The number of carbonyl (C=O) groups excluding carboxylic acids is 1. The molecule has 1 heterocycles. The van der Waals surface area contributed by atoms with Gasteiger partial charge in [-0.2, -0.15) is 0 Å². The number of hydrogen-bond acceptors (Lipinski definition) is 3. The number of esters is 1. The van der Waals surface area contributed by atoms with Crippen molar-refractivity contribution in [3.8, 4) is 5.88 Å². The largest absolute Gasteiger partial charge is 0.404 e. The Morgan fingerprint density at radius 1 is 1.35 bits per heavy atom. The van der Waals surface area contributed by atoms with Crippen LogP contribution in [0.25, 0.3) is 0 Å². The predicted octanol–water partition coefficient (Wildman–Crippen LogP) is 2.89. The lowest BCUT2D eigenvalue weighted by molar-refractivity contribution is 0.0727. The molecule has 1 radical (unpaired) electrons. The Morgan fingerprint density at radius 2 is 2.06 bits per heavy atom. The van der Waals surface area contributed by atoms with E-state index in [1.165, 1.54) is 36.5 Å². The molecule has 0 saturated carbocycles. The summed E-state index contributed by atoms with van der Waals surface area (Å²) in [6.07, 6.45) is 1.31. The van der Waals surface area contributed by atoms with Crippen LogP contribution in [-0.4, -0.2) is 11.0 Å². The van der Waals surface area contributed by atoms with Crippen LogP contribution in [-0.2, 0) is 0 Å². The lowest BCUT2D eigenvalue weighted by Gasteiger charge is -2.02. The second kappa shape index (κ2) is 4.93. The van der Waals surface area contributed by atoms with E-state index in [0.29, 0.717) is 5.02 Å². The lowest BCUT2D eigenvalue weighted by Crippen LogP contribution is -2.09. The Labute approximate surface area is 102 Å². The van der Waals surface area contributed by atoms with Gasteiger partial charge >= 0.3 is 5.97 Å². The van der Waals surface area contributed by atoms with Gasteiger partial charge in [0.05, 0.1) is 16.8 Å². The molecule has 0 unspecified atom stereocenters. The Bertz CT molecular complexity index is 525. The van der Waals surface area contributed by atoms with Crippen molar-refractivity contribution in [2.45, 2.75) is 0 Å². The Balaban J connectivity index is 2.11. The molecular weight excluding hydrogens is 245 g/mol. The lowest BCUT2D eigenvalue weighted by atomic mass is 10.2. The van der Waals surface area contributed by atoms with Crippen LogP contribution in [0.5, 0.6) is 5.88 Å². The van der Waals surface area contributed by atoms with E-state index >= 15 is 0 Å². The van der Waals surface area contributed by atoms with Crippen LogP contribution in [0.15, 0.2) is 36.5 Å². The number of aromatic nitrogens is 1. The van der Waals surface area contributed by atoms with Crippen LogP contribution in [0, 0.1) is 11.9 Å². The smallest absolute Gasteiger partial charge is 0.344 e. The summed E-state index contributed by atoms with van der Waals surface area (Å²) in [5.41, 5.74) is 0.239. The van der Waals surface area contributed by atoms with Crippen molar-refractivity contribution in [2.75, 3.05) is 0 Å². The standard InChI is InChI=1S/C12H6ClFNO2/c13-9-3-6-11(15-7-9)17-12(16)8-1-4-10(14)5-2-8/h1-2,4-7H. The summed E-state index contributed by atoms with van der Waals surface area (Å²) in [6.45, 7) is 0. The maximum atomic E-state index is 12.6. The first-order valence-electron chi connectivity index (χ1n) is 4.66. The van der Waals surface area contributed by atoms with Gasteiger partial charge in [-0.3, -0.25) is 0 Å². The molecule has 0 aliphatic carbocycles. The van der Waals surface area contributed by atoms with Gasteiger partial charge in [-0.25, -0.2) is 14.2 Å². The fraction of sp³-hybridized carbons (Fsp3) is 0. The number of rotatable bonds is 2. The number of nitrogens with zero attached hydrogens (tertiary/aromatic N) is 1. The molecule has 0 aliphatic rings. The normalized spacial score (nSPS) is 10.0. The van der Waals surface area contributed by atoms with Gasteiger partial charge in [0, 0.05) is 12.1 Å². The van der Waals surface area contributed by atoms with Crippen molar-refractivity contribution in [1.82, 2.24) is 4.98 Å². The van der Waals surface area contributed by atoms with Crippen molar-refractivity contribution in [3.05, 3.63) is 59.0 Å². The first-order valence-corrected chi connectivity index (χ1v) is 5.04. The van der Waals surface area contributed by atoms with Crippen molar-refractivity contribution in [3.63, 3.8) is 0 Å². The number of pyridine rings is 1. The molecular formula is C12H6ClFNO2. The zero-order valence-electron chi connectivity index (χ0n) is 8.48. The zero-order chi connectivity index (χ0) is 12.3. The molecule has 2 aromatic rings. The number of benzene rings is 1. The van der Waals surface area contributed by atoms with Crippen molar-refractivity contribution in [2.24, 2.45) is 0 Å². The molecule has 0 fully saturated rings. The minimum atomic E-state index is -0.617. The summed E-state index contributed by atoms with van der Waals surface area (Å²) >= 11 is 5.58. The van der Waals surface area contributed by atoms with E-state index in [1.807, 2.05) is 0 Å². The summed E-state index contributed by atoms with van der Waals surface area (Å²) in [6, 6.07) is 9.00. The van der Waals surface area contributed by atoms with Crippen molar-refractivity contribution >= 4 is 17.6 Å². The molecule has 2 rings (SSSR count). The summed E-state index contributed by atoms with van der Waals surface area (Å²) in [4.78, 5) is 15.4. The number of carbonyl (C=O) groups is 1. The molecule has 0 N–H and O–H groups in total. The highest BCUT2D eigenvalue weighted by molar-refractivity contribution is 6.30. The Morgan fingerprint density at radius 3 is 2.65 bits per heavy atom. The van der Waals surface area contributed by atoms with E-state index in [0.717, 1.165) is 0 Å². The summed E-state index contributed by atoms with van der Waals surface area (Å²) in [5, 5.41) is 0.326. The van der Waals surface area contributed by atoms with Crippen LogP contribution in [0.4, 0.5) is 4.39 Å². The summed E-state index contributed by atoms with van der Waals surface area (Å²) in [7, 11) is 0. The highest BCUT2D eigenvalue weighted by Gasteiger charge is 2.09. The molecule has 0 aliphatic heterocycles. The van der Waals surface area contributed by atoms with Crippen LogP contribution in [0.3, 0.4) is 0 Å². The molecule has 0 saturated heterocycles. The molecule has 85 valence electrons. The maximum absolute atomic E-state index is 12.6. The van der Waals surface area contributed by atoms with Gasteiger partial charge in [-0.05, 0) is 24.3 Å². The van der Waals surface area contributed by atoms with Gasteiger partial charge in [0.15, 0.2) is 0 Å². The first kappa shape index (κ1) is 11.5. The van der Waals surface area contributed by atoms with Gasteiger partial charge in [0.2, 0.25) is 5.88 Å². The second-order valence-corrected chi connectivity index (χ2v) is 3.54. The van der Waals surface area contributed by atoms with Crippen LogP contribution in [0.2, 0.25) is 5.02 Å². The molecule has 17 heavy (non-hydrogen) atoms. The van der Waals surface area contributed by atoms with Gasteiger partial charge < -0.3 is 4.74 Å². The molecule has 3 nitrogen and oxygen atoms in total. The number of halogens is 2. The zero-order valence-corrected chi connectivity index (χ0v) is 9.24. The fourth-order valence-corrected chi connectivity index (χ4v) is 1.22. The van der Waals surface area contributed by atoms with Crippen LogP contribution < -0.4 is 4.74 Å². The summed E-state index contributed by atoms with van der Waals surface area (Å²) < 4.78 is 17.6. The van der Waals surface area contributed by atoms with E-state index in [-0.39, 0.29) is 11.4 Å². The quantitative estimate of drug-likeness (QED) is 0.770. The van der Waals surface area contributed by atoms with Gasteiger partial charge in [-0.1, -0.05) is 11.6 Å². The maximum Gasteiger partial charge on any atom is 0.344 e. The van der Waals surface area contributed by atoms with Gasteiger partial charge in [0.1, 0.15) is 5.82 Å². The molecule has 0 bridgehead atoms. The third kappa shape index (κ3) is 3.01. The van der Waals surface area contributed by atoms with E-state index in [1.54, 1.807) is 0 Å². The average molecular weight is 251 g/mol. The minimum Gasteiger partial charge on any atom is -0.404 e. The fourth-order valence-electron chi connectivity index (χ4n) is 1.12. The van der Waals surface area contributed by atoms with Gasteiger partial charge in [-0.15, -0.1) is 0 Å². The number of ether oxygens (including phenoxy) is 1. The van der Waals surface area contributed by atoms with Crippen LogP contribution in [0.1, 0.15) is 10.4 Å².